The molecule has 30 heavy (non-hydrogen) atoms. The number of benzene rings is 1. The zero-order valence-corrected chi connectivity index (χ0v) is 19.8. The summed E-state index contributed by atoms with van der Waals surface area (Å²) in [5.74, 6) is 1.12. The number of nitrogens with zero attached hydrogens (tertiary/aromatic N) is 4. The van der Waals surface area contributed by atoms with Gasteiger partial charge in [-0.25, -0.2) is 0 Å². The van der Waals surface area contributed by atoms with E-state index in [-0.39, 0.29) is 12.1 Å². The van der Waals surface area contributed by atoms with Crippen LogP contribution in [0.3, 0.4) is 0 Å². The van der Waals surface area contributed by atoms with Crippen LogP contribution in [0.4, 0.5) is 0 Å². The Kier molecular flexibility index (Phi) is 5.23. The first-order valence-electron chi connectivity index (χ1n) is 10.4. The maximum absolute atomic E-state index is 5.17. The van der Waals surface area contributed by atoms with Gasteiger partial charge in [0.15, 0.2) is 5.17 Å². The molecule has 2 aromatic heterocycles. The van der Waals surface area contributed by atoms with Crippen LogP contribution in [-0.4, -0.2) is 31.4 Å². The third kappa shape index (κ3) is 3.21. The van der Waals surface area contributed by atoms with E-state index in [9.17, 15) is 0 Å². The SMILES string of the molecule is CC[C@@H]1CSC2=N[C@H](c3ccccn3)[C@@H](c3cc(C)n(-c4cccc(Br)c4)c3C)N21. The van der Waals surface area contributed by atoms with E-state index in [2.05, 4.69) is 93.6 Å². The minimum atomic E-state index is 0.0273. The number of fused-ring (bicyclic) bond motifs is 1. The van der Waals surface area contributed by atoms with E-state index >= 15 is 0 Å². The molecule has 0 unspecified atom stereocenters. The maximum atomic E-state index is 5.17. The van der Waals surface area contributed by atoms with E-state index in [0.29, 0.717) is 6.04 Å². The zero-order chi connectivity index (χ0) is 20.8. The van der Waals surface area contributed by atoms with Gasteiger partial charge in [-0.15, -0.1) is 0 Å². The van der Waals surface area contributed by atoms with Gasteiger partial charge in [0.05, 0.1) is 11.7 Å². The van der Waals surface area contributed by atoms with E-state index in [1.807, 2.05) is 24.0 Å². The van der Waals surface area contributed by atoms with Crippen molar-refractivity contribution in [2.45, 2.75) is 45.3 Å². The Morgan fingerprint density at radius 1 is 1.13 bits per heavy atom. The van der Waals surface area contributed by atoms with Gasteiger partial charge in [0.2, 0.25) is 0 Å². The summed E-state index contributed by atoms with van der Waals surface area (Å²) in [6.45, 7) is 6.71. The molecular formula is C24H25BrN4S. The highest BCUT2D eigenvalue weighted by atomic mass is 79.9. The first kappa shape index (κ1) is 19.9. The summed E-state index contributed by atoms with van der Waals surface area (Å²) in [5.41, 5.74) is 6.10. The molecule has 5 rings (SSSR count). The highest BCUT2D eigenvalue weighted by molar-refractivity contribution is 9.10. The van der Waals surface area contributed by atoms with Crippen LogP contribution in [0.25, 0.3) is 5.69 Å². The van der Waals surface area contributed by atoms with Crippen LogP contribution in [0.1, 0.15) is 48.1 Å². The Bertz CT molecular complexity index is 1110. The summed E-state index contributed by atoms with van der Waals surface area (Å²) in [6.07, 6.45) is 3.01. The average molecular weight is 481 g/mol. The van der Waals surface area contributed by atoms with Crippen LogP contribution in [0.2, 0.25) is 0 Å². The van der Waals surface area contributed by atoms with Gasteiger partial charge in [-0.05, 0) is 62.2 Å². The third-order valence-electron chi connectivity index (χ3n) is 6.18. The van der Waals surface area contributed by atoms with Gasteiger partial charge < -0.3 is 9.47 Å². The van der Waals surface area contributed by atoms with Gasteiger partial charge in [-0.1, -0.05) is 46.7 Å². The molecule has 2 aliphatic rings. The molecule has 1 saturated heterocycles. The molecule has 0 bridgehead atoms. The first-order chi connectivity index (χ1) is 14.6. The predicted molar refractivity (Wildman–Crippen MR) is 128 cm³/mol. The van der Waals surface area contributed by atoms with Gasteiger partial charge in [0.25, 0.3) is 0 Å². The standard InChI is InChI=1S/C24H25BrN4S/c1-4-18-14-30-24-27-22(21-10-5-6-11-26-21)23(29(18)24)20-12-15(2)28(16(20)3)19-9-7-8-17(25)13-19/h5-13,18,22-23H,4,14H2,1-3H3/t18-,22-,23-/m1/s1. The van der Waals surface area contributed by atoms with Crippen LogP contribution in [-0.2, 0) is 0 Å². The second kappa shape index (κ2) is 7.89. The highest BCUT2D eigenvalue weighted by Gasteiger charge is 2.46. The Hall–Kier alpha value is -2.05. The molecule has 0 saturated carbocycles. The summed E-state index contributed by atoms with van der Waals surface area (Å²) < 4.78 is 3.45. The molecule has 0 aliphatic carbocycles. The molecule has 0 radical (unpaired) electrons. The average Bonchev–Trinajstić information content (AvgIpc) is 3.40. The summed E-state index contributed by atoms with van der Waals surface area (Å²) in [7, 11) is 0. The molecule has 1 fully saturated rings. The quantitative estimate of drug-likeness (QED) is 0.443. The van der Waals surface area contributed by atoms with Crippen molar-refractivity contribution in [1.29, 1.82) is 0 Å². The second-order valence-electron chi connectivity index (χ2n) is 7.98. The lowest BCUT2D eigenvalue weighted by molar-refractivity contribution is 0.254. The van der Waals surface area contributed by atoms with E-state index in [1.165, 1.54) is 27.8 Å². The number of aliphatic imine (C=N–C) groups is 1. The van der Waals surface area contributed by atoms with Crippen LogP contribution in [0.5, 0.6) is 0 Å². The van der Waals surface area contributed by atoms with Crippen molar-refractivity contribution in [2.75, 3.05) is 5.75 Å². The summed E-state index contributed by atoms with van der Waals surface area (Å²) in [6, 6.07) is 17.7. The fraction of sp³-hybridized carbons (Fsp3) is 0.333. The topological polar surface area (TPSA) is 33.4 Å². The monoisotopic (exact) mass is 480 g/mol. The number of hydrogen-bond acceptors (Lipinski definition) is 4. The van der Waals surface area contributed by atoms with Crippen molar-refractivity contribution < 1.29 is 0 Å². The first-order valence-corrected chi connectivity index (χ1v) is 12.2. The number of halogens is 1. The highest BCUT2D eigenvalue weighted by Crippen LogP contribution is 2.49. The molecule has 0 amide bonds. The smallest absolute Gasteiger partial charge is 0.160 e. The van der Waals surface area contributed by atoms with E-state index < -0.39 is 0 Å². The fourth-order valence-corrected chi connectivity index (χ4v) is 6.51. The Morgan fingerprint density at radius 3 is 2.73 bits per heavy atom. The van der Waals surface area contributed by atoms with E-state index in [4.69, 9.17) is 4.99 Å². The maximum Gasteiger partial charge on any atom is 0.160 e. The molecule has 4 heterocycles. The van der Waals surface area contributed by atoms with E-state index in [0.717, 1.165) is 22.3 Å². The lowest BCUT2D eigenvalue weighted by atomic mass is 9.95. The van der Waals surface area contributed by atoms with Crippen molar-refractivity contribution in [3.63, 3.8) is 0 Å². The van der Waals surface area contributed by atoms with Crippen molar-refractivity contribution in [2.24, 2.45) is 4.99 Å². The minimum Gasteiger partial charge on any atom is -0.338 e. The fourth-order valence-electron chi connectivity index (χ4n) is 4.79. The molecule has 6 heteroatoms. The van der Waals surface area contributed by atoms with Gasteiger partial charge in [0, 0.05) is 39.5 Å². The zero-order valence-electron chi connectivity index (χ0n) is 17.4. The Balaban J connectivity index is 1.64. The number of aryl methyl sites for hydroxylation is 1. The molecule has 2 aliphatic heterocycles. The van der Waals surface area contributed by atoms with E-state index in [1.54, 1.807) is 0 Å². The Morgan fingerprint density at radius 2 is 2.00 bits per heavy atom. The molecule has 0 N–H and O–H groups in total. The number of amidine groups is 1. The van der Waals surface area contributed by atoms with Crippen LogP contribution < -0.4 is 0 Å². The Labute approximate surface area is 190 Å². The molecule has 3 aromatic rings. The number of hydrogen-bond donors (Lipinski definition) is 0. The third-order valence-corrected chi connectivity index (χ3v) is 7.80. The summed E-state index contributed by atoms with van der Waals surface area (Å²) >= 11 is 5.52. The van der Waals surface area contributed by atoms with Crippen LogP contribution >= 0.6 is 27.7 Å². The second-order valence-corrected chi connectivity index (χ2v) is 9.88. The van der Waals surface area contributed by atoms with Gasteiger partial charge in [0.1, 0.15) is 6.04 Å². The molecule has 1 aromatic carbocycles. The summed E-state index contributed by atoms with van der Waals surface area (Å²) in [4.78, 5) is 12.4. The van der Waals surface area contributed by atoms with Crippen LogP contribution in [0, 0.1) is 13.8 Å². The van der Waals surface area contributed by atoms with Crippen molar-refractivity contribution in [3.8, 4) is 5.69 Å². The summed E-state index contributed by atoms with van der Waals surface area (Å²) in [5, 5.41) is 1.18. The minimum absolute atomic E-state index is 0.0273. The predicted octanol–water partition coefficient (Wildman–Crippen LogP) is 6.23. The van der Waals surface area contributed by atoms with Crippen molar-refractivity contribution >= 4 is 32.9 Å². The number of thioether (sulfide) groups is 1. The lowest BCUT2D eigenvalue weighted by Gasteiger charge is -2.32. The number of aromatic nitrogens is 2. The largest absolute Gasteiger partial charge is 0.338 e. The molecule has 3 atom stereocenters. The van der Waals surface area contributed by atoms with Gasteiger partial charge >= 0.3 is 0 Å². The number of pyridine rings is 1. The molecule has 154 valence electrons. The molecular weight excluding hydrogens is 456 g/mol. The van der Waals surface area contributed by atoms with Crippen molar-refractivity contribution in [1.82, 2.24) is 14.5 Å². The van der Waals surface area contributed by atoms with Gasteiger partial charge in [-0.3, -0.25) is 9.98 Å². The lowest BCUT2D eigenvalue weighted by Crippen LogP contribution is -2.35. The van der Waals surface area contributed by atoms with Crippen molar-refractivity contribution in [3.05, 3.63) is 81.8 Å². The normalized spacial score (nSPS) is 23.0. The number of rotatable bonds is 4. The molecule has 0 spiro atoms. The van der Waals surface area contributed by atoms with Gasteiger partial charge in [-0.2, -0.15) is 0 Å². The van der Waals surface area contributed by atoms with Crippen LogP contribution in [0.15, 0.2) is 64.2 Å². The molecule has 4 nitrogen and oxygen atoms in total.